The number of aliphatic hydroxyl groups excluding tert-OH is 1. The van der Waals surface area contributed by atoms with Crippen LogP contribution in [0.25, 0.3) is 0 Å². The molecule has 0 radical (unpaired) electrons. The normalized spacial score (nSPS) is 54.3. The third-order valence-electron chi connectivity index (χ3n) is 9.83. The highest BCUT2D eigenvalue weighted by atomic mass is 17.1. The summed E-state index contributed by atoms with van der Waals surface area (Å²) in [6.07, 6.45) is 9.72. The van der Waals surface area contributed by atoms with Crippen molar-refractivity contribution in [1.29, 1.82) is 0 Å². The molecule has 0 amide bonds. The quantitative estimate of drug-likeness (QED) is 0.389. The summed E-state index contributed by atoms with van der Waals surface area (Å²) >= 11 is 0. The molecule has 3 fully saturated rings. The first kappa shape index (κ1) is 18.0. The number of fused-ring (bicyclic) bond motifs is 5. The first-order valence-electron chi connectivity index (χ1n) is 10.3. The van der Waals surface area contributed by atoms with Crippen molar-refractivity contribution in [3.63, 3.8) is 0 Å². The molecule has 0 saturated heterocycles. The van der Waals surface area contributed by atoms with Gasteiger partial charge in [0, 0.05) is 0 Å². The molecule has 0 spiro atoms. The van der Waals surface area contributed by atoms with Gasteiger partial charge in [-0.05, 0) is 78.4 Å². The maximum atomic E-state index is 10.7. The SMILES string of the molecule is CC1(C)C(O)CCC2(C)C1CCC1(C)C2CCC2=CC(OO)CC21C. The largest absolute Gasteiger partial charge is 0.393 e. The first-order valence-corrected chi connectivity index (χ1v) is 10.3. The van der Waals surface area contributed by atoms with Gasteiger partial charge in [-0.2, -0.15) is 0 Å². The van der Waals surface area contributed by atoms with Gasteiger partial charge in [0.2, 0.25) is 0 Å². The molecule has 0 aromatic carbocycles. The van der Waals surface area contributed by atoms with Gasteiger partial charge in [0.15, 0.2) is 0 Å². The zero-order valence-electron chi connectivity index (χ0n) is 16.6. The van der Waals surface area contributed by atoms with Gasteiger partial charge in [0.05, 0.1) is 6.10 Å². The van der Waals surface area contributed by atoms with Crippen LogP contribution in [0.2, 0.25) is 0 Å². The van der Waals surface area contributed by atoms with Crippen LogP contribution in [0, 0.1) is 33.5 Å². The summed E-state index contributed by atoms with van der Waals surface area (Å²) in [6, 6.07) is 0. The van der Waals surface area contributed by atoms with Gasteiger partial charge in [-0.25, -0.2) is 4.89 Å². The molecule has 2 N–H and O–H groups in total. The van der Waals surface area contributed by atoms with E-state index in [0.29, 0.717) is 17.3 Å². The summed E-state index contributed by atoms with van der Waals surface area (Å²) in [5, 5.41) is 19.9. The molecule has 0 heterocycles. The number of allylic oxidation sites excluding steroid dienone is 1. The molecule has 3 saturated carbocycles. The lowest BCUT2D eigenvalue weighted by molar-refractivity contribution is -0.272. The van der Waals surface area contributed by atoms with Crippen LogP contribution in [0.15, 0.2) is 11.6 Å². The lowest BCUT2D eigenvalue weighted by atomic mass is 9.36. The molecule has 25 heavy (non-hydrogen) atoms. The Labute approximate surface area is 152 Å². The van der Waals surface area contributed by atoms with Crippen LogP contribution < -0.4 is 0 Å². The van der Waals surface area contributed by atoms with Crippen LogP contribution in [-0.2, 0) is 4.89 Å². The van der Waals surface area contributed by atoms with E-state index in [1.807, 2.05) is 0 Å². The zero-order chi connectivity index (χ0) is 18.3. The fourth-order valence-corrected chi connectivity index (χ4v) is 8.18. The van der Waals surface area contributed by atoms with E-state index in [4.69, 9.17) is 4.89 Å². The highest BCUT2D eigenvalue weighted by molar-refractivity contribution is 5.31. The number of rotatable bonds is 1. The molecule has 0 aromatic heterocycles. The second-order valence-electron chi connectivity index (χ2n) is 10.9. The number of aliphatic hydroxyl groups is 1. The number of hydrogen-bond donors (Lipinski definition) is 2. The smallest absolute Gasteiger partial charge is 0.112 e. The maximum absolute atomic E-state index is 10.7. The van der Waals surface area contributed by atoms with Gasteiger partial charge in [-0.1, -0.05) is 46.3 Å². The van der Waals surface area contributed by atoms with Gasteiger partial charge >= 0.3 is 0 Å². The molecular weight excluding hydrogens is 312 g/mol. The molecule has 0 bridgehead atoms. The van der Waals surface area contributed by atoms with Crippen LogP contribution >= 0.6 is 0 Å². The van der Waals surface area contributed by atoms with Crippen molar-refractivity contribution in [2.45, 2.75) is 91.8 Å². The second-order valence-corrected chi connectivity index (χ2v) is 10.9. The van der Waals surface area contributed by atoms with E-state index >= 15 is 0 Å². The lowest BCUT2D eigenvalue weighted by Gasteiger charge is -2.68. The fourth-order valence-electron chi connectivity index (χ4n) is 8.18. The molecule has 3 nitrogen and oxygen atoms in total. The van der Waals surface area contributed by atoms with Crippen LogP contribution in [0.3, 0.4) is 0 Å². The molecule has 142 valence electrons. The predicted octanol–water partition coefficient (Wildman–Crippen LogP) is 5.19. The van der Waals surface area contributed by atoms with Gasteiger partial charge in [-0.15, -0.1) is 0 Å². The molecule has 4 aliphatic rings. The van der Waals surface area contributed by atoms with E-state index in [1.165, 1.54) is 24.8 Å². The van der Waals surface area contributed by atoms with Crippen molar-refractivity contribution in [3.8, 4) is 0 Å². The minimum Gasteiger partial charge on any atom is -0.393 e. The Bertz CT molecular complexity index is 596. The van der Waals surface area contributed by atoms with Crippen LogP contribution in [0.5, 0.6) is 0 Å². The van der Waals surface area contributed by atoms with E-state index in [9.17, 15) is 10.4 Å². The van der Waals surface area contributed by atoms with Gasteiger partial charge in [-0.3, -0.25) is 5.26 Å². The highest BCUT2D eigenvalue weighted by Gasteiger charge is 2.66. The Balaban J connectivity index is 1.74. The van der Waals surface area contributed by atoms with Crippen molar-refractivity contribution in [2.75, 3.05) is 0 Å². The third kappa shape index (κ3) is 2.09. The molecule has 0 aliphatic heterocycles. The molecular formula is C22H36O3. The van der Waals surface area contributed by atoms with E-state index in [1.54, 1.807) is 0 Å². The molecule has 4 rings (SSSR count). The summed E-state index contributed by atoms with van der Waals surface area (Å²) < 4.78 is 0. The van der Waals surface area contributed by atoms with Crippen LogP contribution in [0.1, 0.15) is 79.6 Å². The van der Waals surface area contributed by atoms with E-state index in [0.717, 1.165) is 25.7 Å². The Hall–Kier alpha value is -0.380. The van der Waals surface area contributed by atoms with Gasteiger partial charge in [0.25, 0.3) is 0 Å². The molecule has 3 heteroatoms. The summed E-state index contributed by atoms with van der Waals surface area (Å²) in [4.78, 5) is 4.76. The molecule has 4 aliphatic carbocycles. The monoisotopic (exact) mass is 348 g/mol. The lowest BCUT2D eigenvalue weighted by Crippen LogP contribution is -2.62. The third-order valence-corrected chi connectivity index (χ3v) is 9.83. The standard InChI is InChI=1S/C22H36O3/c1-19(2)16-8-11-21(4)17(20(16,3)10-9-18(19)23)7-6-14-12-15(25-24)13-22(14,21)5/h12,15-18,23-24H,6-11,13H2,1-5H3. The Morgan fingerprint density at radius 2 is 1.72 bits per heavy atom. The van der Waals surface area contributed by atoms with Crippen LogP contribution in [-0.4, -0.2) is 22.6 Å². The zero-order valence-corrected chi connectivity index (χ0v) is 16.6. The average Bonchev–Trinajstić information content (AvgIpc) is 2.89. The van der Waals surface area contributed by atoms with Crippen molar-refractivity contribution in [2.24, 2.45) is 33.5 Å². The predicted molar refractivity (Wildman–Crippen MR) is 99.0 cm³/mol. The minimum atomic E-state index is -0.164. The summed E-state index contributed by atoms with van der Waals surface area (Å²) in [5.41, 5.74) is 2.23. The summed E-state index contributed by atoms with van der Waals surface area (Å²) in [7, 11) is 0. The van der Waals surface area contributed by atoms with E-state index in [2.05, 4.69) is 40.7 Å². The molecule has 7 unspecified atom stereocenters. The van der Waals surface area contributed by atoms with Crippen molar-refractivity contribution < 1.29 is 15.3 Å². The van der Waals surface area contributed by atoms with Gasteiger partial charge in [0.1, 0.15) is 6.10 Å². The second kappa shape index (κ2) is 5.33. The minimum absolute atomic E-state index is 0.0117. The average molecular weight is 349 g/mol. The first-order chi connectivity index (χ1) is 11.6. The van der Waals surface area contributed by atoms with Crippen LogP contribution in [0.4, 0.5) is 0 Å². The summed E-state index contributed by atoms with van der Waals surface area (Å²) in [5.74, 6) is 1.28. The highest BCUT2D eigenvalue weighted by Crippen LogP contribution is 2.73. The maximum Gasteiger partial charge on any atom is 0.112 e. The Kier molecular flexibility index (Phi) is 3.84. The van der Waals surface area contributed by atoms with Crippen molar-refractivity contribution >= 4 is 0 Å². The Morgan fingerprint density at radius 1 is 1.00 bits per heavy atom. The molecule has 7 atom stereocenters. The van der Waals surface area contributed by atoms with Crippen molar-refractivity contribution in [1.82, 2.24) is 0 Å². The topological polar surface area (TPSA) is 49.7 Å². The van der Waals surface area contributed by atoms with E-state index in [-0.39, 0.29) is 28.5 Å². The van der Waals surface area contributed by atoms with Gasteiger partial charge < -0.3 is 5.11 Å². The summed E-state index contributed by atoms with van der Waals surface area (Å²) in [6.45, 7) is 12.1. The Morgan fingerprint density at radius 3 is 2.40 bits per heavy atom. The van der Waals surface area contributed by atoms with Crippen molar-refractivity contribution in [3.05, 3.63) is 11.6 Å². The number of hydrogen-bond acceptors (Lipinski definition) is 3. The van der Waals surface area contributed by atoms with E-state index < -0.39 is 0 Å². The molecule has 0 aromatic rings. The fraction of sp³-hybridized carbons (Fsp3) is 0.909.